The van der Waals surface area contributed by atoms with Crippen LogP contribution in [0.1, 0.15) is 11.4 Å². The molecule has 1 heterocycles. The molecule has 0 radical (unpaired) electrons. The van der Waals surface area contributed by atoms with Crippen molar-refractivity contribution >= 4 is 11.6 Å². The molecular weight excluding hydrogens is 166 g/mol. The molecule has 0 fully saturated rings. The smallest absolute Gasteiger partial charge is 0.0853 e. The highest BCUT2D eigenvalue weighted by Gasteiger charge is 1.98. The third-order valence-electron chi connectivity index (χ3n) is 1.22. The van der Waals surface area contributed by atoms with Gasteiger partial charge in [0, 0.05) is 5.02 Å². The molecule has 1 rings (SSSR count). The zero-order valence-corrected chi connectivity index (χ0v) is 6.54. The predicted octanol–water partition coefficient (Wildman–Crippen LogP) is 0.720. The molecule has 3 nitrogen and oxygen atoms in total. The maximum atomic E-state index is 8.68. The molecule has 0 aliphatic rings. The average Bonchev–Trinajstić information content (AvgIpc) is 2.03. The first kappa shape index (κ1) is 8.46. The maximum Gasteiger partial charge on any atom is 0.0853 e. The molecule has 0 aliphatic heterocycles. The van der Waals surface area contributed by atoms with Crippen molar-refractivity contribution in [3.05, 3.63) is 28.5 Å². The van der Waals surface area contributed by atoms with E-state index in [4.69, 9.17) is 21.8 Å². The Balaban J connectivity index is 3.02. The predicted molar refractivity (Wildman–Crippen MR) is 41.1 cm³/mol. The van der Waals surface area contributed by atoms with Crippen LogP contribution in [-0.2, 0) is 13.2 Å². The normalized spacial score (nSPS) is 10.1. The molecule has 1 aromatic rings. The quantitative estimate of drug-likeness (QED) is 0.693. The molecule has 0 amide bonds. The minimum atomic E-state index is -0.159. The standard InChI is InChI=1S/C7H8ClNO2/c8-5-1-6(3-10)9-7(2-5)4-11/h1-2,10-11H,3-4H2. The summed E-state index contributed by atoms with van der Waals surface area (Å²) in [5.41, 5.74) is 0.947. The van der Waals surface area contributed by atoms with Crippen LogP contribution in [0.3, 0.4) is 0 Å². The van der Waals surface area contributed by atoms with Gasteiger partial charge in [0.05, 0.1) is 24.6 Å². The van der Waals surface area contributed by atoms with E-state index in [0.29, 0.717) is 16.4 Å². The summed E-state index contributed by atoms with van der Waals surface area (Å²) < 4.78 is 0. The summed E-state index contributed by atoms with van der Waals surface area (Å²) in [6, 6.07) is 3.11. The topological polar surface area (TPSA) is 53.4 Å². The van der Waals surface area contributed by atoms with Crippen LogP contribution in [0.25, 0.3) is 0 Å². The van der Waals surface area contributed by atoms with Gasteiger partial charge in [-0.05, 0) is 12.1 Å². The molecular formula is C7H8ClNO2. The van der Waals surface area contributed by atoms with E-state index in [9.17, 15) is 0 Å². The summed E-state index contributed by atoms with van der Waals surface area (Å²) in [4.78, 5) is 3.89. The first-order chi connectivity index (χ1) is 5.26. The largest absolute Gasteiger partial charge is 0.390 e. The van der Waals surface area contributed by atoms with E-state index in [2.05, 4.69) is 4.98 Å². The molecule has 0 bridgehead atoms. The van der Waals surface area contributed by atoms with E-state index < -0.39 is 0 Å². The second-order valence-electron chi connectivity index (χ2n) is 2.08. The molecule has 0 spiro atoms. The Morgan fingerprint density at radius 1 is 1.18 bits per heavy atom. The van der Waals surface area contributed by atoms with Gasteiger partial charge in [-0.25, -0.2) is 0 Å². The molecule has 1 aromatic heterocycles. The molecule has 0 unspecified atom stereocenters. The van der Waals surface area contributed by atoms with Crippen molar-refractivity contribution < 1.29 is 10.2 Å². The fourth-order valence-electron chi connectivity index (χ4n) is 0.771. The lowest BCUT2D eigenvalue weighted by molar-refractivity contribution is 0.265. The van der Waals surface area contributed by atoms with Crippen molar-refractivity contribution in [3.8, 4) is 0 Å². The first-order valence-corrected chi connectivity index (χ1v) is 3.51. The highest BCUT2D eigenvalue weighted by Crippen LogP contribution is 2.11. The van der Waals surface area contributed by atoms with Crippen LogP contribution in [0.4, 0.5) is 0 Å². The summed E-state index contributed by atoms with van der Waals surface area (Å²) in [6.45, 7) is -0.318. The maximum absolute atomic E-state index is 8.68. The third-order valence-corrected chi connectivity index (χ3v) is 1.44. The van der Waals surface area contributed by atoms with E-state index in [0.717, 1.165) is 0 Å². The second kappa shape index (κ2) is 3.67. The lowest BCUT2D eigenvalue weighted by Gasteiger charge is -1.99. The van der Waals surface area contributed by atoms with Gasteiger partial charge in [-0.15, -0.1) is 0 Å². The van der Waals surface area contributed by atoms with E-state index in [1.54, 1.807) is 12.1 Å². The van der Waals surface area contributed by atoms with Gasteiger partial charge in [-0.1, -0.05) is 11.6 Å². The number of nitrogens with zero attached hydrogens (tertiary/aromatic N) is 1. The first-order valence-electron chi connectivity index (χ1n) is 3.13. The van der Waals surface area contributed by atoms with Crippen molar-refractivity contribution in [2.75, 3.05) is 0 Å². The number of aliphatic hydroxyl groups excluding tert-OH is 2. The molecule has 0 saturated carbocycles. The SMILES string of the molecule is OCc1cc(Cl)cc(CO)n1. The lowest BCUT2D eigenvalue weighted by atomic mass is 10.3. The highest BCUT2D eigenvalue weighted by molar-refractivity contribution is 6.30. The van der Waals surface area contributed by atoms with Gasteiger partial charge in [-0.3, -0.25) is 4.98 Å². The Hall–Kier alpha value is -0.640. The summed E-state index contributed by atoms with van der Waals surface area (Å²) >= 11 is 5.65. The van der Waals surface area contributed by atoms with E-state index in [1.165, 1.54) is 0 Å². The second-order valence-corrected chi connectivity index (χ2v) is 2.52. The zero-order chi connectivity index (χ0) is 8.27. The van der Waals surface area contributed by atoms with Crippen molar-refractivity contribution in [3.63, 3.8) is 0 Å². The monoisotopic (exact) mass is 173 g/mol. The number of aliphatic hydroxyl groups is 2. The molecule has 60 valence electrons. The molecule has 11 heavy (non-hydrogen) atoms. The summed E-state index contributed by atoms with van der Waals surface area (Å²) in [5.74, 6) is 0. The van der Waals surface area contributed by atoms with Crippen molar-refractivity contribution in [1.29, 1.82) is 0 Å². The van der Waals surface area contributed by atoms with Gasteiger partial charge < -0.3 is 10.2 Å². The summed E-state index contributed by atoms with van der Waals surface area (Å²) in [6.07, 6.45) is 0. The van der Waals surface area contributed by atoms with Gasteiger partial charge in [0.25, 0.3) is 0 Å². The number of pyridine rings is 1. The Bertz CT molecular complexity index is 230. The van der Waals surface area contributed by atoms with Gasteiger partial charge in [0.15, 0.2) is 0 Å². The highest BCUT2D eigenvalue weighted by atomic mass is 35.5. The van der Waals surface area contributed by atoms with Gasteiger partial charge in [-0.2, -0.15) is 0 Å². The summed E-state index contributed by atoms with van der Waals surface area (Å²) in [5, 5.41) is 17.8. The zero-order valence-electron chi connectivity index (χ0n) is 5.79. The Kier molecular flexibility index (Phi) is 2.82. The minimum absolute atomic E-state index is 0.159. The van der Waals surface area contributed by atoms with E-state index in [-0.39, 0.29) is 13.2 Å². The van der Waals surface area contributed by atoms with Crippen LogP contribution in [-0.4, -0.2) is 15.2 Å². The molecule has 0 aromatic carbocycles. The number of hydrogen-bond acceptors (Lipinski definition) is 3. The van der Waals surface area contributed by atoms with Crippen LogP contribution in [0, 0.1) is 0 Å². The Morgan fingerprint density at radius 2 is 1.64 bits per heavy atom. The van der Waals surface area contributed by atoms with Crippen molar-refractivity contribution in [2.45, 2.75) is 13.2 Å². The average molecular weight is 174 g/mol. The van der Waals surface area contributed by atoms with Gasteiger partial charge in [0.1, 0.15) is 0 Å². The van der Waals surface area contributed by atoms with E-state index >= 15 is 0 Å². The third kappa shape index (κ3) is 2.15. The fraction of sp³-hybridized carbons (Fsp3) is 0.286. The number of halogens is 1. The van der Waals surface area contributed by atoms with Crippen LogP contribution in [0.2, 0.25) is 5.02 Å². The number of aromatic nitrogens is 1. The lowest BCUT2D eigenvalue weighted by Crippen LogP contribution is -1.95. The molecule has 0 saturated heterocycles. The molecule has 2 N–H and O–H groups in total. The van der Waals surface area contributed by atoms with Gasteiger partial charge in [0.2, 0.25) is 0 Å². The minimum Gasteiger partial charge on any atom is -0.390 e. The van der Waals surface area contributed by atoms with Crippen molar-refractivity contribution in [2.24, 2.45) is 0 Å². The molecule has 0 atom stereocenters. The number of hydrogen-bond donors (Lipinski definition) is 2. The van der Waals surface area contributed by atoms with Crippen LogP contribution in [0.5, 0.6) is 0 Å². The number of rotatable bonds is 2. The van der Waals surface area contributed by atoms with Crippen LogP contribution < -0.4 is 0 Å². The fourth-order valence-corrected chi connectivity index (χ4v) is 1.02. The Labute approximate surface area is 69.3 Å². The molecule has 4 heteroatoms. The van der Waals surface area contributed by atoms with Crippen LogP contribution >= 0.6 is 11.6 Å². The van der Waals surface area contributed by atoms with Crippen molar-refractivity contribution in [1.82, 2.24) is 4.98 Å². The van der Waals surface area contributed by atoms with Crippen LogP contribution in [0.15, 0.2) is 12.1 Å². The molecule has 0 aliphatic carbocycles. The summed E-state index contributed by atoms with van der Waals surface area (Å²) in [7, 11) is 0. The van der Waals surface area contributed by atoms with E-state index in [1.807, 2.05) is 0 Å². The Morgan fingerprint density at radius 3 is 2.00 bits per heavy atom. The van der Waals surface area contributed by atoms with Gasteiger partial charge >= 0.3 is 0 Å².